The standard InChI is InChI=1S/C13H16ClN3/c1-8-6-9(14)7-11-12(8)17-13(16-11)10-4-2-3-5-15-10/h6-7,10,15H,2-5H2,1H3,(H,16,17). The van der Waals surface area contributed by atoms with Crippen molar-refractivity contribution in [2.24, 2.45) is 0 Å². The molecule has 2 N–H and O–H groups in total. The second-order valence-electron chi connectivity index (χ2n) is 4.74. The highest BCUT2D eigenvalue weighted by Gasteiger charge is 2.18. The molecule has 0 saturated carbocycles. The molecule has 17 heavy (non-hydrogen) atoms. The van der Waals surface area contributed by atoms with E-state index in [0.29, 0.717) is 6.04 Å². The Hall–Kier alpha value is -1.06. The molecule has 0 amide bonds. The maximum absolute atomic E-state index is 6.06. The van der Waals surface area contributed by atoms with Gasteiger partial charge in [-0.25, -0.2) is 4.98 Å². The monoisotopic (exact) mass is 249 g/mol. The average Bonchev–Trinajstić information content (AvgIpc) is 2.74. The number of hydrogen-bond donors (Lipinski definition) is 2. The van der Waals surface area contributed by atoms with Crippen molar-refractivity contribution in [3.63, 3.8) is 0 Å². The van der Waals surface area contributed by atoms with Gasteiger partial charge in [0.25, 0.3) is 0 Å². The molecule has 2 aromatic rings. The topological polar surface area (TPSA) is 40.7 Å². The molecule has 4 heteroatoms. The first-order chi connectivity index (χ1) is 8.24. The molecule has 1 saturated heterocycles. The third kappa shape index (κ3) is 2.05. The minimum atomic E-state index is 0.370. The second-order valence-corrected chi connectivity index (χ2v) is 5.18. The van der Waals surface area contributed by atoms with E-state index in [2.05, 4.69) is 10.3 Å². The van der Waals surface area contributed by atoms with Gasteiger partial charge < -0.3 is 10.3 Å². The van der Waals surface area contributed by atoms with Crippen LogP contribution in [0.15, 0.2) is 12.1 Å². The van der Waals surface area contributed by atoms with E-state index in [-0.39, 0.29) is 0 Å². The molecule has 3 rings (SSSR count). The Morgan fingerprint density at radius 1 is 1.35 bits per heavy atom. The van der Waals surface area contributed by atoms with E-state index in [1.807, 2.05) is 19.1 Å². The highest BCUT2D eigenvalue weighted by Crippen LogP contribution is 2.26. The van der Waals surface area contributed by atoms with Crippen LogP contribution in [0.2, 0.25) is 5.02 Å². The molecule has 1 atom stereocenters. The van der Waals surface area contributed by atoms with Crippen LogP contribution in [-0.2, 0) is 0 Å². The van der Waals surface area contributed by atoms with E-state index in [0.717, 1.165) is 40.4 Å². The van der Waals surface area contributed by atoms with Crippen LogP contribution in [0.1, 0.15) is 36.7 Å². The van der Waals surface area contributed by atoms with Gasteiger partial charge in [-0.05, 0) is 44.0 Å². The van der Waals surface area contributed by atoms with Gasteiger partial charge in [0.05, 0.1) is 17.1 Å². The van der Waals surface area contributed by atoms with E-state index < -0.39 is 0 Å². The zero-order chi connectivity index (χ0) is 11.8. The SMILES string of the molecule is Cc1cc(Cl)cc2[nH]c(C3CCCCN3)nc12. The van der Waals surface area contributed by atoms with Crippen LogP contribution in [0.3, 0.4) is 0 Å². The Labute approximate surface area is 106 Å². The number of H-pyrrole nitrogens is 1. The predicted molar refractivity (Wildman–Crippen MR) is 70.4 cm³/mol. The summed E-state index contributed by atoms with van der Waals surface area (Å²) in [5, 5.41) is 4.27. The smallest absolute Gasteiger partial charge is 0.124 e. The van der Waals surface area contributed by atoms with Crippen LogP contribution in [-0.4, -0.2) is 16.5 Å². The van der Waals surface area contributed by atoms with Crippen molar-refractivity contribution in [2.75, 3.05) is 6.54 Å². The minimum absolute atomic E-state index is 0.370. The first-order valence-corrected chi connectivity index (χ1v) is 6.51. The van der Waals surface area contributed by atoms with Gasteiger partial charge in [0.1, 0.15) is 5.82 Å². The molecule has 2 heterocycles. The summed E-state index contributed by atoms with van der Waals surface area (Å²) in [6, 6.07) is 4.28. The van der Waals surface area contributed by atoms with Crippen molar-refractivity contribution in [2.45, 2.75) is 32.2 Å². The number of aromatic nitrogens is 2. The van der Waals surface area contributed by atoms with E-state index in [1.165, 1.54) is 12.8 Å². The molecule has 1 aliphatic heterocycles. The van der Waals surface area contributed by atoms with E-state index >= 15 is 0 Å². The van der Waals surface area contributed by atoms with Gasteiger partial charge >= 0.3 is 0 Å². The fourth-order valence-electron chi connectivity index (χ4n) is 2.52. The number of nitrogens with one attached hydrogen (secondary N) is 2. The summed E-state index contributed by atoms with van der Waals surface area (Å²) in [7, 11) is 0. The number of halogens is 1. The maximum Gasteiger partial charge on any atom is 0.124 e. The van der Waals surface area contributed by atoms with Gasteiger partial charge in [0.15, 0.2) is 0 Å². The van der Waals surface area contributed by atoms with E-state index in [9.17, 15) is 0 Å². The lowest BCUT2D eigenvalue weighted by Crippen LogP contribution is -2.27. The quantitative estimate of drug-likeness (QED) is 0.814. The highest BCUT2D eigenvalue weighted by atomic mass is 35.5. The normalized spacial score (nSPS) is 20.9. The first-order valence-electron chi connectivity index (χ1n) is 6.13. The molecule has 1 unspecified atom stereocenters. The Morgan fingerprint density at radius 3 is 3.00 bits per heavy atom. The van der Waals surface area contributed by atoms with Gasteiger partial charge in [-0.1, -0.05) is 18.0 Å². The predicted octanol–water partition coefficient (Wildman–Crippen LogP) is 3.34. The number of piperidine rings is 1. The van der Waals surface area contributed by atoms with Crippen molar-refractivity contribution in [1.82, 2.24) is 15.3 Å². The van der Waals surface area contributed by atoms with Crippen LogP contribution in [0.5, 0.6) is 0 Å². The molecule has 0 bridgehead atoms. The van der Waals surface area contributed by atoms with Crippen molar-refractivity contribution < 1.29 is 0 Å². The summed E-state index contributed by atoms with van der Waals surface area (Å²) in [6.45, 7) is 3.13. The highest BCUT2D eigenvalue weighted by molar-refractivity contribution is 6.31. The lowest BCUT2D eigenvalue weighted by Gasteiger charge is -2.21. The fraction of sp³-hybridized carbons (Fsp3) is 0.462. The number of rotatable bonds is 1. The molecule has 0 spiro atoms. The van der Waals surface area contributed by atoms with Gasteiger partial charge in [-0.15, -0.1) is 0 Å². The summed E-state index contributed by atoms with van der Waals surface area (Å²) in [5.41, 5.74) is 3.21. The molecule has 0 aliphatic carbocycles. The lowest BCUT2D eigenvalue weighted by atomic mass is 10.0. The van der Waals surface area contributed by atoms with Gasteiger partial charge in [-0.2, -0.15) is 0 Å². The number of aromatic amines is 1. The van der Waals surface area contributed by atoms with Crippen molar-refractivity contribution in [1.29, 1.82) is 0 Å². The molecule has 1 aliphatic rings. The number of aryl methyl sites for hydroxylation is 1. The maximum atomic E-state index is 6.06. The Morgan fingerprint density at radius 2 is 2.24 bits per heavy atom. The molecule has 90 valence electrons. The molecule has 1 aromatic carbocycles. The average molecular weight is 250 g/mol. The fourth-order valence-corrected chi connectivity index (χ4v) is 2.79. The number of imidazole rings is 1. The summed E-state index contributed by atoms with van der Waals surface area (Å²) >= 11 is 6.06. The van der Waals surface area contributed by atoms with Crippen LogP contribution >= 0.6 is 11.6 Å². The number of fused-ring (bicyclic) bond motifs is 1. The van der Waals surface area contributed by atoms with Crippen LogP contribution < -0.4 is 5.32 Å². The summed E-state index contributed by atoms with van der Waals surface area (Å²) in [5.74, 6) is 1.05. The van der Waals surface area contributed by atoms with Crippen molar-refractivity contribution in [3.05, 3.63) is 28.5 Å². The van der Waals surface area contributed by atoms with E-state index in [1.54, 1.807) is 0 Å². The summed E-state index contributed by atoms with van der Waals surface area (Å²) < 4.78 is 0. The first kappa shape index (κ1) is 11.1. The summed E-state index contributed by atoms with van der Waals surface area (Å²) in [4.78, 5) is 8.09. The molecular formula is C13H16ClN3. The second kappa shape index (κ2) is 4.31. The van der Waals surface area contributed by atoms with Gasteiger partial charge in [0, 0.05) is 5.02 Å². The van der Waals surface area contributed by atoms with Crippen LogP contribution in [0.25, 0.3) is 11.0 Å². The van der Waals surface area contributed by atoms with Crippen LogP contribution in [0.4, 0.5) is 0 Å². The molecular weight excluding hydrogens is 234 g/mol. The number of hydrogen-bond acceptors (Lipinski definition) is 2. The largest absolute Gasteiger partial charge is 0.341 e. The summed E-state index contributed by atoms with van der Waals surface area (Å²) in [6.07, 6.45) is 3.70. The van der Waals surface area contributed by atoms with Crippen molar-refractivity contribution >= 4 is 22.6 Å². The van der Waals surface area contributed by atoms with Gasteiger partial charge in [-0.3, -0.25) is 0 Å². The third-order valence-electron chi connectivity index (χ3n) is 3.40. The molecule has 0 radical (unpaired) electrons. The van der Waals surface area contributed by atoms with Crippen molar-refractivity contribution in [3.8, 4) is 0 Å². The molecule has 1 fully saturated rings. The Kier molecular flexibility index (Phi) is 2.81. The lowest BCUT2D eigenvalue weighted by molar-refractivity contribution is 0.400. The third-order valence-corrected chi connectivity index (χ3v) is 3.62. The van der Waals surface area contributed by atoms with Crippen LogP contribution in [0, 0.1) is 6.92 Å². The minimum Gasteiger partial charge on any atom is -0.341 e. The Bertz CT molecular complexity index is 541. The molecule has 1 aromatic heterocycles. The Balaban J connectivity index is 2.03. The number of nitrogens with zero attached hydrogens (tertiary/aromatic N) is 1. The number of benzene rings is 1. The zero-order valence-corrected chi connectivity index (χ0v) is 10.6. The van der Waals surface area contributed by atoms with E-state index in [4.69, 9.17) is 16.6 Å². The zero-order valence-electron chi connectivity index (χ0n) is 9.89. The molecule has 3 nitrogen and oxygen atoms in total. The van der Waals surface area contributed by atoms with Gasteiger partial charge in [0.2, 0.25) is 0 Å².